The van der Waals surface area contributed by atoms with Crippen molar-refractivity contribution in [3.63, 3.8) is 0 Å². The van der Waals surface area contributed by atoms with Crippen molar-refractivity contribution >= 4 is 5.91 Å². The number of carbonyl (C=O) groups excluding carboxylic acids is 1. The lowest BCUT2D eigenvalue weighted by molar-refractivity contribution is -0.137. The minimum absolute atomic E-state index is 0.0965. The molecule has 1 aromatic rings. The van der Waals surface area contributed by atoms with Crippen LogP contribution in [0.1, 0.15) is 26.7 Å². The minimum Gasteiger partial charge on any atom is -0.490 e. The third-order valence-corrected chi connectivity index (χ3v) is 3.98. The summed E-state index contributed by atoms with van der Waals surface area (Å²) in [6, 6.07) is 9.76. The van der Waals surface area contributed by atoms with Crippen LogP contribution in [0.5, 0.6) is 5.75 Å². The highest BCUT2D eigenvalue weighted by Crippen LogP contribution is 2.20. The van der Waals surface area contributed by atoms with Gasteiger partial charge in [0.05, 0.1) is 5.92 Å². The van der Waals surface area contributed by atoms with E-state index in [0.29, 0.717) is 0 Å². The molecule has 110 valence electrons. The number of rotatable bonds is 4. The van der Waals surface area contributed by atoms with Crippen molar-refractivity contribution in [3.8, 4) is 5.75 Å². The molecule has 0 radical (unpaired) electrons. The van der Waals surface area contributed by atoms with Crippen LogP contribution in [0.25, 0.3) is 0 Å². The molecule has 0 bridgehead atoms. The summed E-state index contributed by atoms with van der Waals surface area (Å²) in [7, 11) is 0. The van der Waals surface area contributed by atoms with E-state index in [4.69, 9.17) is 10.5 Å². The topological polar surface area (TPSA) is 55.6 Å². The van der Waals surface area contributed by atoms with E-state index in [1.165, 1.54) is 0 Å². The molecule has 2 atom stereocenters. The molecule has 1 aliphatic rings. The largest absolute Gasteiger partial charge is 0.490 e. The molecule has 1 fully saturated rings. The van der Waals surface area contributed by atoms with E-state index in [9.17, 15) is 4.79 Å². The lowest BCUT2D eigenvalue weighted by atomic mass is 10.0. The maximum absolute atomic E-state index is 12.2. The first-order valence-electron chi connectivity index (χ1n) is 7.34. The number of likely N-dealkylation sites (tertiary alicyclic amines) is 1. The van der Waals surface area contributed by atoms with Crippen LogP contribution in [-0.2, 0) is 4.79 Å². The molecule has 0 aliphatic carbocycles. The van der Waals surface area contributed by atoms with Gasteiger partial charge in [0.1, 0.15) is 11.9 Å². The second kappa shape index (κ2) is 6.75. The second-order valence-corrected chi connectivity index (χ2v) is 5.60. The van der Waals surface area contributed by atoms with Gasteiger partial charge < -0.3 is 15.4 Å². The van der Waals surface area contributed by atoms with Gasteiger partial charge >= 0.3 is 0 Å². The third kappa shape index (κ3) is 3.73. The highest BCUT2D eigenvalue weighted by Gasteiger charge is 2.28. The van der Waals surface area contributed by atoms with Crippen LogP contribution < -0.4 is 10.5 Å². The number of nitrogens with two attached hydrogens (primary N) is 1. The van der Waals surface area contributed by atoms with Gasteiger partial charge in [0.25, 0.3) is 0 Å². The third-order valence-electron chi connectivity index (χ3n) is 3.98. The quantitative estimate of drug-likeness (QED) is 0.915. The first-order valence-corrected chi connectivity index (χ1v) is 7.34. The monoisotopic (exact) mass is 276 g/mol. The normalized spacial score (nSPS) is 19.4. The summed E-state index contributed by atoms with van der Waals surface area (Å²) in [5, 5.41) is 0. The molecule has 1 aliphatic heterocycles. The van der Waals surface area contributed by atoms with Crippen LogP contribution >= 0.6 is 0 Å². The zero-order chi connectivity index (χ0) is 14.5. The summed E-state index contributed by atoms with van der Waals surface area (Å²) in [5.41, 5.74) is 5.80. The molecule has 0 aromatic heterocycles. The van der Waals surface area contributed by atoms with Gasteiger partial charge in [-0.25, -0.2) is 0 Å². The molecule has 0 saturated carbocycles. The van der Waals surface area contributed by atoms with Crippen LogP contribution in [-0.4, -0.2) is 36.0 Å². The van der Waals surface area contributed by atoms with E-state index in [-0.39, 0.29) is 24.0 Å². The summed E-state index contributed by atoms with van der Waals surface area (Å²) in [6.45, 7) is 5.30. The van der Waals surface area contributed by atoms with E-state index in [0.717, 1.165) is 31.7 Å². The molecule has 4 heteroatoms. The fraction of sp³-hybridized carbons (Fsp3) is 0.562. The van der Waals surface area contributed by atoms with Crippen LogP contribution in [0.4, 0.5) is 0 Å². The number of amides is 1. The van der Waals surface area contributed by atoms with E-state index < -0.39 is 0 Å². The van der Waals surface area contributed by atoms with E-state index in [2.05, 4.69) is 0 Å². The summed E-state index contributed by atoms with van der Waals surface area (Å²) >= 11 is 0. The Bertz CT molecular complexity index is 425. The van der Waals surface area contributed by atoms with Crippen molar-refractivity contribution in [2.75, 3.05) is 13.1 Å². The molecular formula is C16H24N2O2. The van der Waals surface area contributed by atoms with Gasteiger partial charge in [0, 0.05) is 32.0 Å². The number of hydrogen-bond donors (Lipinski definition) is 1. The first kappa shape index (κ1) is 14.9. The molecule has 2 unspecified atom stereocenters. The van der Waals surface area contributed by atoms with Gasteiger partial charge in [-0.15, -0.1) is 0 Å². The number of ether oxygens (including phenoxy) is 1. The van der Waals surface area contributed by atoms with Gasteiger partial charge in [-0.05, 0) is 19.1 Å². The molecule has 2 rings (SSSR count). The molecule has 0 spiro atoms. The highest BCUT2D eigenvalue weighted by molar-refractivity contribution is 5.79. The summed E-state index contributed by atoms with van der Waals surface area (Å²) in [4.78, 5) is 14.1. The smallest absolute Gasteiger partial charge is 0.226 e. The van der Waals surface area contributed by atoms with Crippen molar-refractivity contribution in [3.05, 3.63) is 30.3 Å². The van der Waals surface area contributed by atoms with Gasteiger partial charge in [-0.3, -0.25) is 4.79 Å². The van der Waals surface area contributed by atoms with Crippen LogP contribution in [0.3, 0.4) is 0 Å². The number of hydrogen-bond acceptors (Lipinski definition) is 3. The second-order valence-electron chi connectivity index (χ2n) is 5.60. The van der Waals surface area contributed by atoms with Crippen molar-refractivity contribution in [2.24, 2.45) is 11.7 Å². The zero-order valence-electron chi connectivity index (χ0n) is 12.3. The molecule has 1 saturated heterocycles. The number of para-hydroxylation sites is 1. The Morgan fingerprint density at radius 1 is 1.25 bits per heavy atom. The average Bonchev–Trinajstić information content (AvgIpc) is 2.47. The van der Waals surface area contributed by atoms with Gasteiger partial charge in [-0.1, -0.05) is 25.1 Å². The summed E-state index contributed by atoms with van der Waals surface area (Å²) < 4.78 is 5.93. The van der Waals surface area contributed by atoms with Crippen molar-refractivity contribution in [2.45, 2.75) is 38.8 Å². The number of piperidine rings is 1. The zero-order valence-corrected chi connectivity index (χ0v) is 12.3. The Morgan fingerprint density at radius 3 is 2.40 bits per heavy atom. The summed E-state index contributed by atoms with van der Waals surface area (Å²) in [6.07, 6.45) is 1.96. The molecule has 4 nitrogen and oxygen atoms in total. The lowest BCUT2D eigenvalue weighted by Gasteiger charge is -2.34. The van der Waals surface area contributed by atoms with Gasteiger partial charge in [0.2, 0.25) is 5.91 Å². The van der Waals surface area contributed by atoms with Gasteiger partial charge in [0.15, 0.2) is 0 Å². The molecule has 1 heterocycles. The Kier molecular flexibility index (Phi) is 5.01. The molecule has 1 amide bonds. The maximum Gasteiger partial charge on any atom is 0.226 e. The maximum atomic E-state index is 12.2. The fourth-order valence-corrected chi connectivity index (χ4v) is 2.40. The van der Waals surface area contributed by atoms with Crippen molar-refractivity contribution < 1.29 is 9.53 Å². The van der Waals surface area contributed by atoms with Crippen LogP contribution in [0.15, 0.2) is 30.3 Å². The highest BCUT2D eigenvalue weighted by atomic mass is 16.5. The van der Waals surface area contributed by atoms with Crippen LogP contribution in [0.2, 0.25) is 0 Å². The standard InChI is InChI=1S/C16H24N2O2/c1-12(13(2)17)16(19)18-10-8-15(9-11-18)20-14-6-4-3-5-7-14/h3-7,12-13,15H,8-11,17H2,1-2H3. The Labute approximate surface area is 120 Å². The van der Waals surface area contributed by atoms with E-state index in [1.54, 1.807) is 0 Å². The van der Waals surface area contributed by atoms with Crippen molar-refractivity contribution in [1.29, 1.82) is 0 Å². The summed E-state index contributed by atoms with van der Waals surface area (Å²) in [5.74, 6) is 0.959. The molecular weight excluding hydrogens is 252 g/mol. The van der Waals surface area contributed by atoms with Crippen molar-refractivity contribution in [1.82, 2.24) is 4.90 Å². The van der Waals surface area contributed by atoms with E-state index >= 15 is 0 Å². The van der Waals surface area contributed by atoms with Crippen LogP contribution in [0, 0.1) is 5.92 Å². The predicted octanol–water partition coefficient (Wildman–Crippen LogP) is 2.04. The number of carbonyl (C=O) groups is 1. The molecule has 1 aromatic carbocycles. The molecule has 2 N–H and O–H groups in total. The number of benzene rings is 1. The Hall–Kier alpha value is -1.55. The van der Waals surface area contributed by atoms with Gasteiger partial charge in [-0.2, -0.15) is 0 Å². The predicted molar refractivity (Wildman–Crippen MR) is 79.5 cm³/mol. The van der Waals surface area contributed by atoms with E-state index in [1.807, 2.05) is 49.1 Å². The number of nitrogens with zero attached hydrogens (tertiary/aromatic N) is 1. The Morgan fingerprint density at radius 2 is 1.85 bits per heavy atom. The lowest BCUT2D eigenvalue weighted by Crippen LogP contribution is -2.47. The minimum atomic E-state index is -0.110. The average molecular weight is 276 g/mol. The molecule has 20 heavy (non-hydrogen) atoms. The SMILES string of the molecule is CC(N)C(C)C(=O)N1CCC(Oc2ccccc2)CC1. The Balaban J connectivity index is 1.82. The fourth-order valence-electron chi connectivity index (χ4n) is 2.40. The first-order chi connectivity index (χ1) is 9.58.